The van der Waals surface area contributed by atoms with Crippen LogP contribution in [0.5, 0.6) is 0 Å². The highest BCUT2D eigenvalue weighted by atomic mass is 32.2. The molecule has 2 aliphatic rings. The SMILES string of the molecule is O=S(=O)(Cc1ccc(N2CCCC2)cc1)Nc1ccc(-c2cc3c(N4CCOCC4)ncnc3[nH]2)cc1. The fraction of sp³-hybridized carbons (Fsp3) is 0.333. The predicted molar refractivity (Wildman–Crippen MR) is 146 cm³/mol. The lowest BCUT2D eigenvalue weighted by Gasteiger charge is -2.27. The van der Waals surface area contributed by atoms with Gasteiger partial charge in [0, 0.05) is 43.2 Å². The van der Waals surface area contributed by atoms with Crippen molar-refractivity contribution in [2.75, 3.05) is 53.9 Å². The molecule has 0 bridgehead atoms. The molecule has 0 radical (unpaired) electrons. The van der Waals surface area contributed by atoms with Crippen LogP contribution in [-0.4, -0.2) is 62.8 Å². The van der Waals surface area contributed by atoms with Gasteiger partial charge in [-0.2, -0.15) is 0 Å². The molecule has 2 aliphatic heterocycles. The van der Waals surface area contributed by atoms with E-state index in [1.807, 2.05) is 42.5 Å². The van der Waals surface area contributed by atoms with Gasteiger partial charge in [-0.25, -0.2) is 18.4 Å². The second-order valence-corrected chi connectivity index (χ2v) is 11.3. The van der Waals surface area contributed by atoms with Gasteiger partial charge in [-0.05, 0) is 54.3 Å². The first-order valence-electron chi connectivity index (χ1n) is 12.7. The van der Waals surface area contributed by atoms with E-state index in [0.29, 0.717) is 18.9 Å². The molecule has 4 aromatic rings. The van der Waals surface area contributed by atoms with E-state index in [-0.39, 0.29) is 5.75 Å². The molecular formula is C27H30N6O3S. The smallest absolute Gasteiger partial charge is 0.236 e. The summed E-state index contributed by atoms with van der Waals surface area (Å²) in [6.07, 6.45) is 4.00. The van der Waals surface area contributed by atoms with Crippen molar-refractivity contribution in [1.29, 1.82) is 0 Å². The molecule has 9 nitrogen and oxygen atoms in total. The van der Waals surface area contributed by atoms with Gasteiger partial charge in [-0.3, -0.25) is 4.72 Å². The average molecular weight is 519 g/mol. The Morgan fingerprint density at radius 1 is 0.892 bits per heavy atom. The fourth-order valence-corrected chi connectivity index (χ4v) is 6.24. The van der Waals surface area contributed by atoms with Crippen molar-refractivity contribution in [3.05, 3.63) is 66.5 Å². The molecule has 2 N–H and O–H groups in total. The molecule has 37 heavy (non-hydrogen) atoms. The zero-order chi connectivity index (χ0) is 25.2. The Hall–Kier alpha value is -3.63. The molecule has 2 fully saturated rings. The summed E-state index contributed by atoms with van der Waals surface area (Å²) in [4.78, 5) is 16.8. The number of fused-ring (bicyclic) bond motifs is 1. The molecule has 0 spiro atoms. The van der Waals surface area contributed by atoms with Crippen molar-refractivity contribution in [2.45, 2.75) is 18.6 Å². The number of rotatable bonds is 7. The topological polar surface area (TPSA) is 103 Å². The van der Waals surface area contributed by atoms with Crippen molar-refractivity contribution in [1.82, 2.24) is 15.0 Å². The monoisotopic (exact) mass is 518 g/mol. The summed E-state index contributed by atoms with van der Waals surface area (Å²) in [5, 5.41) is 0.958. The van der Waals surface area contributed by atoms with Crippen molar-refractivity contribution < 1.29 is 13.2 Å². The number of hydrogen-bond donors (Lipinski definition) is 2. The molecule has 0 atom stereocenters. The predicted octanol–water partition coefficient (Wildman–Crippen LogP) is 4.00. The number of benzene rings is 2. The maximum atomic E-state index is 12.8. The van der Waals surface area contributed by atoms with Crippen molar-refractivity contribution in [3.63, 3.8) is 0 Å². The lowest BCUT2D eigenvalue weighted by molar-refractivity contribution is 0.122. The van der Waals surface area contributed by atoms with Crippen LogP contribution in [0.4, 0.5) is 17.2 Å². The minimum absolute atomic E-state index is 0.0694. The Morgan fingerprint density at radius 3 is 2.35 bits per heavy atom. The summed E-state index contributed by atoms with van der Waals surface area (Å²) < 4.78 is 33.8. The Bertz CT molecular complexity index is 1470. The zero-order valence-corrected chi connectivity index (χ0v) is 21.4. The van der Waals surface area contributed by atoms with Gasteiger partial charge in [0.1, 0.15) is 17.8 Å². The largest absolute Gasteiger partial charge is 0.378 e. The standard InChI is InChI=1S/C27H30N6O3S/c34-37(35,18-20-3-9-23(10-4-20)32-11-1-2-12-32)31-22-7-5-21(6-8-22)25-17-24-26(30-25)28-19-29-27(24)33-13-15-36-16-14-33/h3-10,17,19,31H,1-2,11-16,18H2,(H,28,29,30). The third-order valence-electron chi connectivity index (χ3n) is 6.95. The summed E-state index contributed by atoms with van der Waals surface area (Å²) in [6.45, 7) is 5.09. The summed E-state index contributed by atoms with van der Waals surface area (Å²) in [6, 6.07) is 17.2. The quantitative estimate of drug-likeness (QED) is 0.381. The van der Waals surface area contributed by atoms with E-state index < -0.39 is 10.0 Å². The average Bonchev–Trinajstić information content (AvgIpc) is 3.60. The highest BCUT2D eigenvalue weighted by molar-refractivity contribution is 7.91. The van der Waals surface area contributed by atoms with E-state index in [0.717, 1.165) is 65.5 Å². The third kappa shape index (κ3) is 5.26. The number of nitrogens with zero attached hydrogens (tertiary/aromatic N) is 4. The Kier molecular flexibility index (Phi) is 6.43. The first kappa shape index (κ1) is 23.7. The van der Waals surface area contributed by atoms with Crippen LogP contribution < -0.4 is 14.5 Å². The van der Waals surface area contributed by atoms with E-state index >= 15 is 0 Å². The molecule has 0 saturated carbocycles. The van der Waals surface area contributed by atoms with Gasteiger partial charge < -0.3 is 19.5 Å². The van der Waals surface area contributed by atoms with Crippen LogP contribution in [0.2, 0.25) is 0 Å². The maximum Gasteiger partial charge on any atom is 0.236 e. The normalized spacial score (nSPS) is 16.4. The van der Waals surface area contributed by atoms with Gasteiger partial charge in [-0.1, -0.05) is 24.3 Å². The van der Waals surface area contributed by atoms with Crippen molar-refractivity contribution in [3.8, 4) is 11.3 Å². The summed E-state index contributed by atoms with van der Waals surface area (Å²) in [5.41, 5.74) is 5.06. The van der Waals surface area contributed by atoms with Crippen LogP contribution in [0.15, 0.2) is 60.9 Å². The first-order chi connectivity index (χ1) is 18.0. The number of ether oxygens (including phenoxy) is 1. The van der Waals surface area contributed by atoms with Crippen LogP contribution in [0.1, 0.15) is 18.4 Å². The molecule has 2 aromatic carbocycles. The molecule has 10 heteroatoms. The number of nitrogens with one attached hydrogen (secondary N) is 2. The van der Waals surface area contributed by atoms with Crippen LogP contribution in [0, 0.1) is 0 Å². The van der Waals surface area contributed by atoms with Crippen LogP contribution in [0.25, 0.3) is 22.3 Å². The highest BCUT2D eigenvalue weighted by Crippen LogP contribution is 2.30. The Morgan fingerprint density at radius 2 is 1.62 bits per heavy atom. The molecule has 0 unspecified atom stereocenters. The Labute approximate surface area is 216 Å². The second-order valence-electron chi connectivity index (χ2n) is 9.54. The van der Waals surface area contributed by atoms with Crippen LogP contribution >= 0.6 is 0 Å². The molecule has 2 aromatic heterocycles. The van der Waals surface area contributed by atoms with Gasteiger partial charge in [0.15, 0.2) is 0 Å². The number of anilines is 3. The lowest BCUT2D eigenvalue weighted by Crippen LogP contribution is -2.36. The van der Waals surface area contributed by atoms with Crippen molar-refractivity contribution >= 4 is 38.2 Å². The number of aromatic nitrogens is 3. The fourth-order valence-electron chi connectivity index (χ4n) is 5.04. The third-order valence-corrected chi connectivity index (χ3v) is 8.21. The number of morpholine rings is 1. The number of hydrogen-bond acceptors (Lipinski definition) is 7. The molecular weight excluding hydrogens is 488 g/mol. The first-order valence-corrected chi connectivity index (χ1v) is 14.3. The minimum atomic E-state index is -3.54. The van der Waals surface area contributed by atoms with E-state index in [9.17, 15) is 8.42 Å². The zero-order valence-electron chi connectivity index (χ0n) is 20.6. The molecule has 0 amide bonds. The van der Waals surface area contributed by atoms with E-state index in [1.54, 1.807) is 18.5 Å². The summed E-state index contributed by atoms with van der Waals surface area (Å²) in [7, 11) is -3.54. The number of aromatic amines is 1. The second kappa shape index (κ2) is 10.0. The van der Waals surface area contributed by atoms with Crippen molar-refractivity contribution in [2.24, 2.45) is 0 Å². The van der Waals surface area contributed by atoms with E-state index in [4.69, 9.17) is 4.74 Å². The van der Waals surface area contributed by atoms with Gasteiger partial charge in [0.25, 0.3) is 0 Å². The minimum Gasteiger partial charge on any atom is -0.378 e. The summed E-state index contributed by atoms with van der Waals surface area (Å²) >= 11 is 0. The number of H-pyrrole nitrogens is 1. The van der Waals surface area contributed by atoms with Gasteiger partial charge in [-0.15, -0.1) is 0 Å². The molecule has 6 rings (SSSR count). The van der Waals surface area contributed by atoms with Gasteiger partial charge >= 0.3 is 0 Å². The molecule has 4 heterocycles. The maximum absolute atomic E-state index is 12.8. The van der Waals surface area contributed by atoms with Crippen LogP contribution in [-0.2, 0) is 20.5 Å². The van der Waals surface area contributed by atoms with Gasteiger partial charge in [0.2, 0.25) is 10.0 Å². The Balaban J connectivity index is 1.14. The molecule has 192 valence electrons. The molecule has 2 saturated heterocycles. The molecule has 0 aliphatic carbocycles. The van der Waals surface area contributed by atoms with E-state index in [1.165, 1.54) is 12.8 Å². The van der Waals surface area contributed by atoms with Gasteiger partial charge in [0.05, 0.1) is 24.4 Å². The lowest BCUT2D eigenvalue weighted by atomic mass is 10.1. The van der Waals surface area contributed by atoms with E-state index in [2.05, 4.69) is 29.5 Å². The summed E-state index contributed by atoms with van der Waals surface area (Å²) in [5.74, 6) is 0.827. The van der Waals surface area contributed by atoms with Crippen LogP contribution in [0.3, 0.4) is 0 Å². The number of sulfonamides is 1. The highest BCUT2D eigenvalue weighted by Gasteiger charge is 2.18.